The van der Waals surface area contributed by atoms with Crippen molar-refractivity contribution in [2.24, 2.45) is 23.7 Å². The van der Waals surface area contributed by atoms with Crippen LogP contribution in [0.5, 0.6) is 0 Å². The fourth-order valence-electron chi connectivity index (χ4n) is 13.1. The minimum atomic E-state index is -5.07. The van der Waals surface area contributed by atoms with Gasteiger partial charge in [0.25, 0.3) is 0 Å². The lowest BCUT2D eigenvalue weighted by Gasteiger charge is -2.34. The van der Waals surface area contributed by atoms with Crippen molar-refractivity contribution in [3.63, 3.8) is 0 Å². The van der Waals surface area contributed by atoms with Crippen molar-refractivity contribution in [2.45, 2.75) is 188 Å². The zero-order chi connectivity index (χ0) is 70.4. The summed E-state index contributed by atoms with van der Waals surface area (Å²) >= 11 is 3.32. The molecule has 31 heteroatoms. The fraction of sp³-hybridized carbons (Fsp3) is 0.585. The summed E-state index contributed by atoms with van der Waals surface area (Å²) in [6.07, 6.45) is -12.8. The topological polar surface area (TPSA) is 207 Å². The van der Waals surface area contributed by atoms with Gasteiger partial charge in [-0.1, -0.05) is 19.0 Å². The van der Waals surface area contributed by atoms with Gasteiger partial charge in [0.1, 0.15) is 34.0 Å². The maximum Gasteiger partial charge on any atom is 0.416 e. The average molecular weight is 1440 g/mol. The molecule has 5 heterocycles. The van der Waals surface area contributed by atoms with Crippen molar-refractivity contribution in [3.8, 4) is 11.3 Å². The number of esters is 1. The zero-order valence-corrected chi connectivity index (χ0v) is 55.4. The summed E-state index contributed by atoms with van der Waals surface area (Å²) in [4.78, 5) is 75.0. The molecule has 4 aliphatic rings. The molecule has 5 aromatic rings. The second kappa shape index (κ2) is 30.9. The molecule has 96 heavy (non-hydrogen) atoms. The van der Waals surface area contributed by atoms with E-state index in [-0.39, 0.29) is 55.4 Å². The second-order valence-corrected chi connectivity index (χ2v) is 25.8. The van der Waals surface area contributed by atoms with E-state index in [9.17, 15) is 77.0 Å². The molecule has 4 fully saturated rings. The molecule has 2 unspecified atom stereocenters. The highest BCUT2D eigenvalue weighted by molar-refractivity contribution is 9.10. The molecule has 0 radical (unpaired) electrons. The number of cyclic esters (lactones) is 2. The highest BCUT2D eigenvalue weighted by atomic mass is 79.9. The van der Waals surface area contributed by atoms with Crippen LogP contribution < -0.4 is 9.80 Å². The van der Waals surface area contributed by atoms with Gasteiger partial charge < -0.3 is 33.6 Å². The van der Waals surface area contributed by atoms with Crippen molar-refractivity contribution in [2.75, 3.05) is 42.6 Å². The van der Waals surface area contributed by atoms with Crippen LogP contribution in [0, 0.1) is 37.5 Å². The van der Waals surface area contributed by atoms with Gasteiger partial charge >= 0.3 is 48.8 Å². The number of carboxylic acids is 1. The summed E-state index contributed by atoms with van der Waals surface area (Å²) in [5, 5.41) is 13.2. The molecule has 2 amide bonds. The van der Waals surface area contributed by atoms with Crippen molar-refractivity contribution >= 4 is 51.7 Å². The highest BCUT2D eigenvalue weighted by Gasteiger charge is 2.46. The van der Waals surface area contributed by atoms with E-state index in [1.165, 1.54) is 29.8 Å². The summed E-state index contributed by atoms with van der Waals surface area (Å²) < 4.78 is 185. The van der Waals surface area contributed by atoms with Gasteiger partial charge in [0, 0.05) is 39.0 Å². The maximum atomic E-state index is 13.7. The van der Waals surface area contributed by atoms with Gasteiger partial charge in [0.2, 0.25) is 0 Å². The zero-order valence-electron chi connectivity index (χ0n) is 53.8. The number of aryl methyl sites for hydroxylation is 2. The second-order valence-electron chi connectivity index (χ2n) is 25.0. The summed E-state index contributed by atoms with van der Waals surface area (Å²) in [6.45, 7) is 14.7. The quantitative estimate of drug-likeness (QED) is 0.0388. The Morgan fingerprint density at radius 1 is 0.604 bits per heavy atom. The van der Waals surface area contributed by atoms with Crippen LogP contribution in [0.3, 0.4) is 0 Å². The Labute approximate surface area is 554 Å². The van der Waals surface area contributed by atoms with Gasteiger partial charge in [-0.15, -0.1) is 0 Å². The van der Waals surface area contributed by atoms with E-state index >= 15 is 0 Å². The normalized spacial score (nSPS) is 21.8. The molecule has 3 aromatic heterocycles. The Hall–Kier alpha value is -7.47. The molecule has 1 N–H and O–H groups in total. The number of carboxylic acid groups (broad SMARTS) is 1. The molecule has 2 saturated heterocycles. The van der Waals surface area contributed by atoms with Crippen LogP contribution in [-0.2, 0) is 61.6 Å². The molecule has 2 aromatic carbocycles. The van der Waals surface area contributed by atoms with Crippen molar-refractivity contribution in [1.29, 1.82) is 0 Å². The van der Waals surface area contributed by atoms with Crippen LogP contribution in [0.4, 0.5) is 73.9 Å². The minimum absolute atomic E-state index is 0.0334. The number of carbonyl (C=O) groups excluding carboxylic acids is 3. The van der Waals surface area contributed by atoms with E-state index in [1.807, 2.05) is 13.8 Å². The number of hydrogen-bond donors (Lipinski definition) is 1. The number of aliphatic carboxylic acids is 1. The number of carbonyl (C=O) groups is 4. The molecule has 2 aliphatic carbocycles. The molecule has 0 bridgehead atoms. The lowest BCUT2D eigenvalue weighted by atomic mass is 9.80. The number of nitrogens with zero attached hydrogens (tertiary/aromatic N) is 9. The van der Waals surface area contributed by atoms with Gasteiger partial charge in [0.05, 0.1) is 83.4 Å². The van der Waals surface area contributed by atoms with Gasteiger partial charge in [-0.05, 0) is 186 Å². The lowest BCUT2D eigenvalue weighted by molar-refractivity contribution is -0.145. The van der Waals surface area contributed by atoms with Crippen LogP contribution in [0.2, 0.25) is 0 Å². The largest absolute Gasteiger partial charge is 0.481 e. The highest BCUT2D eigenvalue weighted by Crippen LogP contribution is 2.45. The molecular formula is C65H76BrF12N9O9. The van der Waals surface area contributed by atoms with Crippen molar-refractivity contribution < 1.29 is 95.7 Å². The lowest BCUT2D eigenvalue weighted by Crippen LogP contribution is -2.36. The van der Waals surface area contributed by atoms with Gasteiger partial charge in [-0.25, -0.2) is 29.5 Å². The first-order chi connectivity index (χ1) is 45.1. The Kier molecular flexibility index (Phi) is 24.0. The van der Waals surface area contributed by atoms with Crippen LogP contribution in [0.1, 0.15) is 180 Å². The summed E-state index contributed by atoms with van der Waals surface area (Å²) in [6, 6.07) is 0.500. The van der Waals surface area contributed by atoms with Crippen molar-refractivity contribution in [1.82, 2.24) is 34.9 Å². The van der Waals surface area contributed by atoms with E-state index in [1.54, 1.807) is 27.0 Å². The Morgan fingerprint density at radius 2 is 1.00 bits per heavy atom. The fourth-order valence-corrected chi connectivity index (χ4v) is 13.4. The smallest absolute Gasteiger partial charge is 0.416 e. The first-order valence-corrected chi connectivity index (χ1v) is 32.6. The number of aromatic nitrogens is 5. The molecule has 18 nitrogen and oxygen atoms in total. The first kappa shape index (κ1) is 74.3. The van der Waals surface area contributed by atoms with E-state index in [0.717, 1.165) is 64.2 Å². The Morgan fingerprint density at radius 3 is 1.38 bits per heavy atom. The summed E-state index contributed by atoms with van der Waals surface area (Å²) in [5.41, 5.74) is -4.49. The molecular weight excluding hydrogens is 1360 g/mol. The number of alkyl halides is 12. The van der Waals surface area contributed by atoms with Crippen LogP contribution >= 0.6 is 15.9 Å². The number of halogens is 13. The number of benzene rings is 2. The predicted molar refractivity (Wildman–Crippen MR) is 327 cm³/mol. The first-order valence-electron chi connectivity index (χ1n) is 31.8. The minimum Gasteiger partial charge on any atom is -0.481 e. The van der Waals surface area contributed by atoms with Crippen LogP contribution in [0.25, 0.3) is 11.3 Å². The van der Waals surface area contributed by atoms with E-state index in [4.69, 9.17) is 28.7 Å². The van der Waals surface area contributed by atoms with Gasteiger partial charge in [0.15, 0.2) is 11.6 Å². The summed E-state index contributed by atoms with van der Waals surface area (Å²) in [7, 11) is 0. The number of anilines is 2. The van der Waals surface area contributed by atoms with E-state index in [0.29, 0.717) is 120 Å². The molecule has 0 spiro atoms. The van der Waals surface area contributed by atoms with Gasteiger partial charge in [-0.2, -0.15) is 52.7 Å². The molecule has 4 atom stereocenters. The van der Waals surface area contributed by atoms with Gasteiger partial charge in [-0.3, -0.25) is 19.4 Å². The third-order valence-corrected chi connectivity index (χ3v) is 18.3. The SMILES string of the molecule is CCCN(CC1CCC(CC(=O)O)CC1)c1ncc(-c2c(C)noc2C)nc1CN1C(=O)OC(c2cc(C(F)(F)F)cc(C(F)(F)F)c2)[C@@H]1C.CCCN(CC1CCC(CC(=O)OCC)CC1)c1ncc(Br)nc1CN1C(=O)OC(c2cc(C(F)(F)F)cc(C(F)(F)F)c2)[C@@H]1C. The monoisotopic (exact) mass is 1430 g/mol. The van der Waals surface area contributed by atoms with E-state index in [2.05, 4.69) is 40.9 Å². The number of amides is 2. The van der Waals surface area contributed by atoms with Crippen LogP contribution in [0.15, 0.2) is 57.9 Å². The molecule has 9 rings (SSSR count). The third kappa shape index (κ3) is 18.6. The maximum absolute atomic E-state index is 13.7. The third-order valence-electron chi connectivity index (χ3n) is 17.9. The molecule has 2 aliphatic heterocycles. The number of ether oxygens (including phenoxy) is 3. The summed E-state index contributed by atoms with van der Waals surface area (Å²) in [5.74, 6) is 1.45. The Bertz CT molecular complexity index is 3450. The Balaban J connectivity index is 0.000000247. The molecule has 526 valence electrons. The van der Waals surface area contributed by atoms with Crippen LogP contribution in [-0.4, -0.2) is 109 Å². The number of hydrogen-bond acceptors (Lipinski definition) is 15. The van der Waals surface area contributed by atoms with E-state index < -0.39 is 101 Å². The predicted octanol–water partition coefficient (Wildman–Crippen LogP) is 16.7. The molecule has 2 saturated carbocycles. The number of rotatable bonds is 22. The standard InChI is InChI=1S/C34H39F6N5O5.C31H37BrF6N4O4/c1-5-10-44(16-22-8-6-21(7-9-22)11-28(46)47)31-27(42-26(15-41-31)29-18(2)43-50-20(29)4)17-45-19(3)30(49-32(45)48)23-12-24(33(35,36)37)14-25(13-23)34(38,39)40;1-4-10-41(16-20-8-6-19(7-9-20)11-26(43)45-5-2)28-24(40-25(32)15-39-28)17-42-18(3)27(46-29(42)44)21-12-22(30(33,34)35)14-23(13-21)31(36,37)38/h12-15,19,21-22,30H,5-11,16-17H2,1-4H3,(H,46,47);12-15,18-20,27H,4-11,16-17H2,1-3H3/t19-,21?,22?,30?;18-,19?,20?,27?/m00/s1. The average Bonchev–Trinajstić information content (AvgIpc) is 1.56. The van der Waals surface area contributed by atoms with Crippen molar-refractivity contribution in [3.05, 3.63) is 110 Å².